The van der Waals surface area contributed by atoms with Crippen LogP contribution in [0.4, 0.5) is 11.4 Å². The van der Waals surface area contributed by atoms with Crippen molar-refractivity contribution in [2.24, 2.45) is 0 Å². The Morgan fingerprint density at radius 2 is 1.56 bits per heavy atom. The summed E-state index contributed by atoms with van der Waals surface area (Å²) in [5.74, 6) is 1.01. The highest BCUT2D eigenvalue weighted by Gasteiger charge is 2.22. The zero-order chi connectivity index (χ0) is 27.5. The van der Waals surface area contributed by atoms with Gasteiger partial charge < -0.3 is 20.1 Å². The molecule has 0 aliphatic heterocycles. The van der Waals surface area contributed by atoms with Gasteiger partial charge in [-0.3, -0.25) is 9.59 Å². The molecule has 0 aliphatic carbocycles. The van der Waals surface area contributed by atoms with Gasteiger partial charge in [0.1, 0.15) is 16.7 Å². The highest BCUT2D eigenvalue weighted by Crippen LogP contribution is 2.37. The third-order valence-electron chi connectivity index (χ3n) is 5.91. The third kappa shape index (κ3) is 8.12. The van der Waals surface area contributed by atoms with Crippen molar-refractivity contribution in [3.05, 3.63) is 114 Å². The Balaban J connectivity index is 1.47. The Labute approximate surface area is 233 Å². The van der Waals surface area contributed by atoms with Gasteiger partial charge in [-0.2, -0.15) is 0 Å². The Kier molecular flexibility index (Phi) is 10.0. The minimum atomic E-state index is -0.504. The lowest BCUT2D eigenvalue weighted by Gasteiger charge is -2.18. The fourth-order valence-electron chi connectivity index (χ4n) is 3.83. The Bertz CT molecular complexity index is 1380. The lowest BCUT2D eigenvalue weighted by atomic mass is 10.1. The summed E-state index contributed by atoms with van der Waals surface area (Å²) in [6.07, 6.45) is 2.07. The molecule has 0 fully saturated rings. The molecule has 39 heavy (non-hydrogen) atoms. The molecule has 200 valence electrons. The first-order valence-corrected chi connectivity index (χ1v) is 13.7. The summed E-state index contributed by atoms with van der Waals surface area (Å²) in [5.41, 5.74) is 2.71. The quantitative estimate of drug-likeness (QED) is 0.143. The van der Waals surface area contributed by atoms with Crippen molar-refractivity contribution in [1.29, 1.82) is 0 Å². The number of amides is 2. The van der Waals surface area contributed by atoms with Crippen molar-refractivity contribution in [3.8, 4) is 11.5 Å². The third-order valence-corrected chi connectivity index (χ3v) is 7.15. The molecule has 0 aliphatic rings. The zero-order valence-electron chi connectivity index (χ0n) is 22.1. The van der Waals surface area contributed by atoms with Crippen LogP contribution in [0.2, 0.25) is 0 Å². The number of nitrogens with one attached hydrogen (secondary N) is 2. The number of hydrogen-bond donors (Lipinski definition) is 2. The van der Waals surface area contributed by atoms with E-state index < -0.39 is 5.25 Å². The van der Waals surface area contributed by atoms with Crippen molar-refractivity contribution in [2.75, 3.05) is 24.4 Å². The standard InChI is InChI=1S/C32H32N2O4S/c1-3-4-20-38-27-18-16-25(17-19-27)33-32(36)30(23-10-6-5-7-11-23)39-29-15-9-13-26(22-29)34-31(35)24-12-8-14-28(21-24)37-2/h5-19,21-22,30H,3-4,20H2,1-2H3,(H,33,36)(H,34,35). The van der Waals surface area contributed by atoms with Gasteiger partial charge in [0.25, 0.3) is 5.91 Å². The molecule has 0 radical (unpaired) electrons. The van der Waals surface area contributed by atoms with E-state index in [0.29, 0.717) is 29.3 Å². The molecule has 2 N–H and O–H groups in total. The molecular formula is C32H32N2O4S. The normalized spacial score (nSPS) is 11.3. The monoisotopic (exact) mass is 540 g/mol. The maximum absolute atomic E-state index is 13.5. The van der Waals surface area contributed by atoms with E-state index in [4.69, 9.17) is 9.47 Å². The van der Waals surface area contributed by atoms with E-state index in [1.54, 1.807) is 31.4 Å². The summed E-state index contributed by atoms with van der Waals surface area (Å²) < 4.78 is 11.0. The van der Waals surface area contributed by atoms with Crippen LogP contribution >= 0.6 is 11.8 Å². The van der Waals surface area contributed by atoms with E-state index in [-0.39, 0.29) is 11.8 Å². The van der Waals surface area contributed by atoms with Gasteiger partial charge in [0.15, 0.2) is 0 Å². The summed E-state index contributed by atoms with van der Waals surface area (Å²) in [7, 11) is 1.56. The summed E-state index contributed by atoms with van der Waals surface area (Å²) in [4.78, 5) is 27.1. The molecular weight excluding hydrogens is 508 g/mol. The fraction of sp³-hybridized carbons (Fsp3) is 0.188. The van der Waals surface area contributed by atoms with E-state index in [9.17, 15) is 9.59 Å². The van der Waals surface area contributed by atoms with E-state index in [2.05, 4.69) is 17.6 Å². The van der Waals surface area contributed by atoms with Gasteiger partial charge in [0.05, 0.1) is 13.7 Å². The molecule has 0 bridgehead atoms. The number of methoxy groups -OCH3 is 1. The van der Waals surface area contributed by atoms with Gasteiger partial charge >= 0.3 is 0 Å². The second-order valence-electron chi connectivity index (χ2n) is 8.84. The molecule has 0 aromatic heterocycles. The van der Waals surface area contributed by atoms with Crippen LogP contribution in [-0.2, 0) is 4.79 Å². The topological polar surface area (TPSA) is 76.7 Å². The predicted octanol–water partition coefficient (Wildman–Crippen LogP) is 7.60. The molecule has 6 nitrogen and oxygen atoms in total. The van der Waals surface area contributed by atoms with E-state index in [0.717, 1.165) is 29.1 Å². The summed E-state index contributed by atoms with van der Waals surface area (Å²) in [6.45, 7) is 2.80. The van der Waals surface area contributed by atoms with Crippen LogP contribution in [0.3, 0.4) is 0 Å². The number of hydrogen-bond acceptors (Lipinski definition) is 5. The molecule has 4 aromatic rings. The minimum Gasteiger partial charge on any atom is -0.497 e. The number of benzene rings is 4. The van der Waals surface area contributed by atoms with Gasteiger partial charge in [0, 0.05) is 21.8 Å². The first kappa shape index (κ1) is 27.8. The van der Waals surface area contributed by atoms with Gasteiger partial charge in [0.2, 0.25) is 5.91 Å². The number of ether oxygens (including phenoxy) is 2. The smallest absolute Gasteiger partial charge is 0.255 e. The van der Waals surface area contributed by atoms with Gasteiger partial charge in [-0.15, -0.1) is 11.8 Å². The van der Waals surface area contributed by atoms with Crippen LogP contribution in [0.1, 0.15) is 40.9 Å². The molecule has 7 heteroatoms. The number of anilines is 2. The van der Waals surface area contributed by atoms with Crippen LogP contribution < -0.4 is 20.1 Å². The molecule has 1 unspecified atom stereocenters. The fourth-order valence-corrected chi connectivity index (χ4v) is 4.91. The van der Waals surface area contributed by atoms with Crippen molar-refractivity contribution < 1.29 is 19.1 Å². The molecule has 4 aromatic carbocycles. The van der Waals surface area contributed by atoms with Crippen LogP contribution in [0.5, 0.6) is 11.5 Å². The lowest BCUT2D eigenvalue weighted by Crippen LogP contribution is -2.19. The Morgan fingerprint density at radius 1 is 0.795 bits per heavy atom. The number of carbonyl (C=O) groups excluding carboxylic acids is 2. The molecule has 0 spiro atoms. The maximum atomic E-state index is 13.5. The summed E-state index contributed by atoms with van der Waals surface area (Å²) in [6, 6.07) is 31.5. The maximum Gasteiger partial charge on any atom is 0.255 e. The molecule has 0 saturated heterocycles. The lowest BCUT2D eigenvalue weighted by molar-refractivity contribution is -0.115. The van der Waals surface area contributed by atoms with E-state index in [1.165, 1.54) is 11.8 Å². The summed E-state index contributed by atoms with van der Waals surface area (Å²) in [5, 5.41) is 5.47. The predicted molar refractivity (Wildman–Crippen MR) is 158 cm³/mol. The van der Waals surface area contributed by atoms with Gasteiger partial charge in [-0.05, 0) is 72.6 Å². The van der Waals surface area contributed by atoms with Crippen molar-refractivity contribution in [1.82, 2.24) is 0 Å². The first-order chi connectivity index (χ1) is 19.1. The molecule has 2 amide bonds. The van der Waals surface area contributed by atoms with Crippen LogP contribution in [0.15, 0.2) is 108 Å². The van der Waals surface area contributed by atoms with Crippen LogP contribution in [-0.4, -0.2) is 25.5 Å². The second kappa shape index (κ2) is 14.1. The Hall–Kier alpha value is -4.23. The largest absolute Gasteiger partial charge is 0.497 e. The van der Waals surface area contributed by atoms with Crippen LogP contribution in [0.25, 0.3) is 0 Å². The average Bonchev–Trinajstić information content (AvgIpc) is 2.97. The van der Waals surface area contributed by atoms with E-state index >= 15 is 0 Å². The molecule has 4 rings (SSSR count). The summed E-state index contributed by atoms with van der Waals surface area (Å²) >= 11 is 1.42. The number of carbonyl (C=O) groups is 2. The second-order valence-corrected chi connectivity index (χ2v) is 10.0. The van der Waals surface area contributed by atoms with Crippen molar-refractivity contribution in [3.63, 3.8) is 0 Å². The molecule has 0 heterocycles. The van der Waals surface area contributed by atoms with Crippen LogP contribution in [0, 0.1) is 0 Å². The van der Waals surface area contributed by atoms with Crippen molar-refractivity contribution in [2.45, 2.75) is 29.9 Å². The number of unbranched alkanes of at least 4 members (excludes halogenated alkanes) is 1. The van der Waals surface area contributed by atoms with Gasteiger partial charge in [-0.25, -0.2) is 0 Å². The van der Waals surface area contributed by atoms with E-state index in [1.807, 2.05) is 78.9 Å². The van der Waals surface area contributed by atoms with Gasteiger partial charge in [-0.1, -0.05) is 55.8 Å². The first-order valence-electron chi connectivity index (χ1n) is 12.9. The van der Waals surface area contributed by atoms with Crippen molar-refractivity contribution >= 4 is 35.0 Å². The number of thioether (sulfide) groups is 1. The highest BCUT2D eigenvalue weighted by molar-refractivity contribution is 8.00. The SMILES string of the molecule is CCCCOc1ccc(NC(=O)C(Sc2cccc(NC(=O)c3cccc(OC)c3)c2)c2ccccc2)cc1. The average molecular weight is 541 g/mol. The Morgan fingerprint density at radius 3 is 2.31 bits per heavy atom. The molecule has 1 atom stereocenters. The highest BCUT2D eigenvalue weighted by atomic mass is 32.2. The zero-order valence-corrected chi connectivity index (χ0v) is 22.9. The minimum absolute atomic E-state index is 0.142. The number of rotatable bonds is 12. The molecule has 0 saturated carbocycles.